The van der Waals surface area contributed by atoms with Crippen LogP contribution in [0, 0.1) is 0 Å². The Morgan fingerprint density at radius 2 is 1.79 bits per heavy atom. The van der Waals surface area contributed by atoms with Gasteiger partial charge in [0.15, 0.2) is 0 Å². The summed E-state index contributed by atoms with van der Waals surface area (Å²) in [5, 5.41) is 3.47. The van der Waals surface area contributed by atoms with Crippen molar-refractivity contribution in [3.63, 3.8) is 0 Å². The van der Waals surface area contributed by atoms with Gasteiger partial charge in [-0.25, -0.2) is 0 Å². The fourth-order valence-electron chi connectivity index (χ4n) is 2.61. The van der Waals surface area contributed by atoms with Crippen molar-refractivity contribution in [2.24, 2.45) is 0 Å². The van der Waals surface area contributed by atoms with E-state index in [0.717, 1.165) is 12.6 Å². The third-order valence-corrected chi connectivity index (χ3v) is 3.52. The van der Waals surface area contributed by atoms with E-state index in [0.29, 0.717) is 12.2 Å². The lowest BCUT2D eigenvalue weighted by atomic mass is 9.88. The van der Waals surface area contributed by atoms with Gasteiger partial charge in [-0.3, -0.25) is 0 Å². The van der Waals surface area contributed by atoms with Gasteiger partial charge in [-0.15, -0.1) is 0 Å². The minimum atomic E-state index is 0.571. The maximum absolute atomic E-state index is 6.06. The molecule has 0 spiro atoms. The van der Waals surface area contributed by atoms with Crippen molar-refractivity contribution >= 4 is 0 Å². The molecule has 0 aromatic carbocycles. The van der Waals surface area contributed by atoms with E-state index in [1.165, 1.54) is 44.9 Å². The molecule has 82 valence electrons. The van der Waals surface area contributed by atoms with Crippen LogP contribution in [-0.2, 0) is 4.74 Å². The minimum Gasteiger partial charge on any atom is -0.375 e. The first-order chi connectivity index (χ1) is 6.88. The van der Waals surface area contributed by atoms with Crippen molar-refractivity contribution in [3.05, 3.63) is 0 Å². The van der Waals surface area contributed by atoms with Crippen LogP contribution in [0.4, 0.5) is 0 Å². The Kier molecular flexibility index (Phi) is 3.82. The molecule has 2 aliphatic carbocycles. The molecule has 0 bridgehead atoms. The zero-order chi connectivity index (χ0) is 9.80. The fourth-order valence-corrected chi connectivity index (χ4v) is 2.61. The molecule has 2 rings (SSSR count). The molecule has 0 aromatic rings. The van der Waals surface area contributed by atoms with E-state index in [4.69, 9.17) is 4.74 Å². The molecule has 2 aliphatic rings. The van der Waals surface area contributed by atoms with Gasteiger partial charge in [-0.05, 0) is 32.2 Å². The highest BCUT2D eigenvalue weighted by Crippen LogP contribution is 2.29. The van der Waals surface area contributed by atoms with Crippen LogP contribution in [0.5, 0.6) is 0 Å². The Bertz CT molecular complexity index is 160. The van der Waals surface area contributed by atoms with Gasteiger partial charge in [0.05, 0.1) is 12.2 Å². The predicted octanol–water partition coefficient (Wildman–Crippen LogP) is 2.48. The molecular formula is C12H23NO. The number of hydrogen-bond acceptors (Lipinski definition) is 2. The van der Waals surface area contributed by atoms with E-state index < -0.39 is 0 Å². The minimum absolute atomic E-state index is 0.571. The predicted molar refractivity (Wildman–Crippen MR) is 58.4 cm³/mol. The summed E-state index contributed by atoms with van der Waals surface area (Å²) in [6, 6.07) is 0.744. The second kappa shape index (κ2) is 5.13. The van der Waals surface area contributed by atoms with E-state index in [1.54, 1.807) is 0 Å². The molecule has 0 unspecified atom stereocenters. The topological polar surface area (TPSA) is 21.3 Å². The molecule has 0 saturated heterocycles. The van der Waals surface area contributed by atoms with E-state index in [-0.39, 0.29) is 0 Å². The van der Waals surface area contributed by atoms with Gasteiger partial charge in [-0.2, -0.15) is 0 Å². The van der Waals surface area contributed by atoms with Crippen molar-refractivity contribution in [2.75, 3.05) is 6.54 Å². The van der Waals surface area contributed by atoms with E-state index in [1.807, 2.05) is 0 Å². The first-order valence-corrected chi connectivity index (χ1v) is 6.27. The molecule has 0 amide bonds. The second-order valence-electron chi connectivity index (χ2n) is 4.74. The number of hydrogen-bond donors (Lipinski definition) is 1. The lowest BCUT2D eigenvalue weighted by molar-refractivity contribution is -0.0761. The van der Waals surface area contributed by atoms with Gasteiger partial charge in [0.1, 0.15) is 0 Å². The molecular weight excluding hydrogens is 174 g/mol. The van der Waals surface area contributed by atoms with Crippen LogP contribution in [0.15, 0.2) is 0 Å². The van der Waals surface area contributed by atoms with Crippen molar-refractivity contribution in [2.45, 2.75) is 70.1 Å². The van der Waals surface area contributed by atoms with E-state index in [2.05, 4.69) is 12.2 Å². The van der Waals surface area contributed by atoms with Gasteiger partial charge in [0.25, 0.3) is 0 Å². The van der Waals surface area contributed by atoms with Crippen LogP contribution in [0.3, 0.4) is 0 Å². The third kappa shape index (κ3) is 2.71. The highest BCUT2D eigenvalue weighted by atomic mass is 16.5. The molecule has 2 heteroatoms. The second-order valence-corrected chi connectivity index (χ2v) is 4.74. The van der Waals surface area contributed by atoms with Crippen molar-refractivity contribution in [1.29, 1.82) is 0 Å². The highest BCUT2D eigenvalue weighted by Gasteiger charge is 2.31. The largest absolute Gasteiger partial charge is 0.375 e. The maximum atomic E-state index is 6.06. The quantitative estimate of drug-likeness (QED) is 0.747. The Labute approximate surface area is 87.4 Å². The van der Waals surface area contributed by atoms with Gasteiger partial charge in [-0.1, -0.05) is 26.2 Å². The summed E-state index contributed by atoms with van der Waals surface area (Å²) in [4.78, 5) is 0. The van der Waals surface area contributed by atoms with Gasteiger partial charge in [0, 0.05) is 6.04 Å². The summed E-state index contributed by atoms with van der Waals surface area (Å²) < 4.78 is 6.06. The Morgan fingerprint density at radius 1 is 1.07 bits per heavy atom. The van der Waals surface area contributed by atoms with Crippen molar-refractivity contribution in [3.8, 4) is 0 Å². The molecule has 1 N–H and O–H groups in total. The number of nitrogens with one attached hydrogen (secondary N) is 1. The summed E-state index contributed by atoms with van der Waals surface area (Å²) in [5.41, 5.74) is 0. The van der Waals surface area contributed by atoms with Crippen LogP contribution < -0.4 is 5.32 Å². The Morgan fingerprint density at radius 3 is 2.43 bits per heavy atom. The Balaban J connectivity index is 1.58. The lowest BCUT2D eigenvalue weighted by Crippen LogP contribution is -2.46. The average Bonchev–Trinajstić information content (AvgIpc) is 2.16. The van der Waals surface area contributed by atoms with E-state index in [9.17, 15) is 0 Å². The molecule has 2 nitrogen and oxygen atoms in total. The van der Waals surface area contributed by atoms with Crippen LogP contribution in [0.2, 0.25) is 0 Å². The molecule has 0 atom stereocenters. The first-order valence-electron chi connectivity index (χ1n) is 6.27. The zero-order valence-electron chi connectivity index (χ0n) is 9.30. The third-order valence-electron chi connectivity index (χ3n) is 3.52. The van der Waals surface area contributed by atoms with Crippen molar-refractivity contribution in [1.82, 2.24) is 5.32 Å². The highest BCUT2D eigenvalue weighted by molar-refractivity contribution is 4.86. The SMILES string of the molecule is CCNC1CC(OC2CCCCC2)C1. The molecule has 2 fully saturated rings. The molecule has 0 aliphatic heterocycles. The van der Waals surface area contributed by atoms with Gasteiger partial charge >= 0.3 is 0 Å². The standard InChI is InChI=1S/C12H23NO/c1-2-13-10-8-12(9-10)14-11-6-4-3-5-7-11/h10-13H,2-9H2,1H3. The van der Waals surface area contributed by atoms with Gasteiger partial charge in [0.2, 0.25) is 0 Å². The van der Waals surface area contributed by atoms with E-state index >= 15 is 0 Å². The molecule has 0 radical (unpaired) electrons. The lowest BCUT2D eigenvalue weighted by Gasteiger charge is -2.38. The van der Waals surface area contributed by atoms with Gasteiger partial charge < -0.3 is 10.1 Å². The summed E-state index contributed by atoms with van der Waals surface area (Å²) in [5.74, 6) is 0. The number of ether oxygens (including phenoxy) is 1. The summed E-state index contributed by atoms with van der Waals surface area (Å²) in [6.07, 6.45) is 10.4. The summed E-state index contributed by atoms with van der Waals surface area (Å²) >= 11 is 0. The van der Waals surface area contributed by atoms with Crippen LogP contribution in [0.1, 0.15) is 51.9 Å². The maximum Gasteiger partial charge on any atom is 0.0608 e. The normalized spacial score (nSPS) is 34.1. The molecule has 0 aromatic heterocycles. The Hall–Kier alpha value is -0.0800. The number of rotatable bonds is 4. The van der Waals surface area contributed by atoms with Crippen LogP contribution >= 0.6 is 0 Å². The zero-order valence-corrected chi connectivity index (χ0v) is 9.30. The smallest absolute Gasteiger partial charge is 0.0608 e. The molecule has 14 heavy (non-hydrogen) atoms. The average molecular weight is 197 g/mol. The monoisotopic (exact) mass is 197 g/mol. The summed E-state index contributed by atoms with van der Waals surface area (Å²) in [7, 11) is 0. The first kappa shape index (κ1) is 10.4. The van der Waals surface area contributed by atoms with Crippen molar-refractivity contribution < 1.29 is 4.74 Å². The fraction of sp³-hybridized carbons (Fsp3) is 1.00. The molecule has 0 heterocycles. The van der Waals surface area contributed by atoms with Crippen LogP contribution in [0.25, 0.3) is 0 Å². The molecule has 2 saturated carbocycles. The summed E-state index contributed by atoms with van der Waals surface area (Å²) in [6.45, 7) is 3.27. The van der Waals surface area contributed by atoms with Crippen LogP contribution in [-0.4, -0.2) is 24.8 Å².